The molecule has 1 atom stereocenters. The Morgan fingerprint density at radius 3 is 2.70 bits per heavy atom. The number of benzene rings is 1. The van der Waals surface area contributed by atoms with Gasteiger partial charge in [-0.3, -0.25) is 0 Å². The van der Waals surface area contributed by atoms with Crippen LogP contribution in [0.3, 0.4) is 0 Å². The fourth-order valence-electron chi connectivity index (χ4n) is 3.07. The van der Waals surface area contributed by atoms with Gasteiger partial charge in [0.1, 0.15) is 0 Å². The predicted molar refractivity (Wildman–Crippen MR) is 85.7 cm³/mol. The van der Waals surface area contributed by atoms with Gasteiger partial charge in [-0.05, 0) is 45.2 Å². The van der Waals surface area contributed by atoms with Gasteiger partial charge in [-0.15, -0.1) is 0 Å². The van der Waals surface area contributed by atoms with Crippen molar-refractivity contribution in [2.24, 2.45) is 0 Å². The highest BCUT2D eigenvalue weighted by Crippen LogP contribution is 2.30. The topological polar surface area (TPSA) is 76.3 Å². The Balaban J connectivity index is 1.87. The molecule has 0 aliphatic carbocycles. The summed E-state index contributed by atoms with van der Waals surface area (Å²) in [4.78, 5) is 4.63. The first-order valence-corrected chi connectivity index (χ1v) is 9.19. The van der Waals surface area contributed by atoms with Crippen molar-refractivity contribution in [3.8, 4) is 0 Å². The van der Waals surface area contributed by atoms with Crippen LogP contribution in [0.2, 0.25) is 0 Å². The van der Waals surface area contributed by atoms with Crippen LogP contribution < -0.4 is 0 Å². The number of sulfonamides is 1. The van der Waals surface area contributed by atoms with E-state index in [4.69, 9.17) is 4.52 Å². The highest BCUT2D eigenvalue weighted by molar-refractivity contribution is 7.89. The zero-order valence-corrected chi connectivity index (χ0v) is 14.4. The second kappa shape index (κ2) is 6.05. The van der Waals surface area contributed by atoms with Gasteiger partial charge >= 0.3 is 0 Å². The number of nitrogens with zero attached hydrogens (tertiary/aromatic N) is 3. The van der Waals surface area contributed by atoms with Crippen molar-refractivity contribution in [1.29, 1.82) is 0 Å². The standard InChI is InChI=1S/C16H21N3O3S/c1-11-6-7-15(12(2)9-11)23(20,21)19-8-4-5-14(10-19)16-17-13(3)18-22-16/h6-7,9,14H,4-5,8,10H2,1-3H3/t14-/m1/s1. The zero-order valence-electron chi connectivity index (χ0n) is 13.6. The van der Waals surface area contributed by atoms with Crippen molar-refractivity contribution in [3.05, 3.63) is 41.0 Å². The SMILES string of the molecule is Cc1ccc(S(=O)(=O)N2CCC[C@@H](c3nc(C)no3)C2)c(C)c1. The molecule has 0 unspecified atom stereocenters. The summed E-state index contributed by atoms with van der Waals surface area (Å²) in [5.74, 6) is 1.07. The summed E-state index contributed by atoms with van der Waals surface area (Å²) in [6, 6.07) is 5.43. The molecule has 1 aliphatic heterocycles. The van der Waals surface area contributed by atoms with Crippen LogP contribution in [0.4, 0.5) is 0 Å². The summed E-state index contributed by atoms with van der Waals surface area (Å²) >= 11 is 0. The van der Waals surface area contributed by atoms with Crippen molar-refractivity contribution >= 4 is 10.0 Å². The van der Waals surface area contributed by atoms with E-state index in [1.165, 1.54) is 0 Å². The van der Waals surface area contributed by atoms with E-state index >= 15 is 0 Å². The molecule has 0 spiro atoms. The first-order chi connectivity index (χ1) is 10.9. The molecule has 7 heteroatoms. The molecule has 23 heavy (non-hydrogen) atoms. The minimum atomic E-state index is -3.50. The van der Waals surface area contributed by atoms with Crippen LogP contribution >= 0.6 is 0 Å². The van der Waals surface area contributed by atoms with Crippen LogP contribution in [0.5, 0.6) is 0 Å². The molecule has 0 radical (unpaired) electrons. The maximum absolute atomic E-state index is 13.0. The van der Waals surface area contributed by atoms with E-state index in [9.17, 15) is 8.42 Å². The lowest BCUT2D eigenvalue weighted by molar-refractivity contribution is 0.265. The maximum atomic E-state index is 13.0. The number of aryl methyl sites for hydroxylation is 3. The van der Waals surface area contributed by atoms with Gasteiger partial charge in [-0.25, -0.2) is 8.42 Å². The van der Waals surface area contributed by atoms with Gasteiger partial charge in [0.15, 0.2) is 5.82 Å². The number of hydrogen-bond acceptors (Lipinski definition) is 5. The Labute approximate surface area is 136 Å². The van der Waals surface area contributed by atoms with Crippen LogP contribution in [0.1, 0.15) is 41.6 Å². The van der Waals surface area contributed by atoms with Crippen LogP contribution in [-0.2, 0) is 10.0 Å². The molecule has 2 aromatic rings. The molecular weight excluding hydrogens is 314 g/mol. The third kappa shape index (κ3) is 3.16. The van der Waals surface area contributed by atoms with E-state index in [1.54, 1.807) is 17.3 Å². The van der Waals surface area contributed by atoms with Crippen LogP contribution in [0.15, 0.2) is 27.6 Å². The van der Waals surface area contributed by atoms with Gasteiger partial charge in [0.2, 0.25) is 15.9 Å². The number of rotatable bonds is 3. The maximum Gasteiger partial charge on any atom is 0.243 e. The van der Waals surface area contributed by atoms with Crippen molar-refractivity contribution in [2.75, 3.05) is 13.1 Å². The second-order valence-electron chi connectivity index (χ2n) is 6.15. The minimum Gasteiger partial charge on any atom is -0.339 e. The Morgan fingerprint density at radius 2 is 2.04 bits per heavy atom. The fraction of sp³-hybridized carbons (Fsp3) is 0.500. The van der Waals surface area contributed by atoms with Crippen LogP contribution in [0, 0.1) is 20.8 Å². The van der Waals surface area contributed by atoms with Gasteiger partial charge in [0, 0.05) is 13.1 Å². The zero-order chi connectivity index (χ0) is 16.6. The van der Waals surface area contributed by atoms with Crippen molar-refractivity contribution in [1.82, 2.24) is 14.4 Å². The molecule has 0 bridgehead atoms. The average molecular weight is 335 g/mol. The number of aromatic nitrogens is 2. The summed E-state index contributed by atoms with van der Waals surface area (Å²) in [5, 5.41) is 3.81. The third-order valence-corrected chi connectivity index (χ3v) is 6.25. The number of piperidine rings is 1. The van der Waals surface area contributed by atoms with Gasteiger partial charge in [0.25, 0.3) is 0 Å². The van der Waals surface area contributed by atoms with E-state index < -0.39 is 10.0 Å². The van der Waals surface area contributed by atoms with Crippen molar-refractivity contribution in [2.45, 2.75) is 44.4 Å². The minimum absolute atomic E-state index is 0.0366. The monoisotopic (exact) mass is 335 g/mol. The molecular formula is C16H21N3O3S. The third-order valence-electron chi connectivity index (χ3n) is 4.22. The van der Waals surface area contributed by atoms with Gasteiger partial charge in [-0.1, -0.05) is 22.9 Å². The summed E-state index contributed by atoms with van der Waals surface area (Å²) in [5.41, 5.74) is 1.83. The average Bonchev–Trinajstić information content (AvgIpc) is 2.93. The van der Waals surface area contributed by atoms with E-state index in [2.05, 4.69) is 10.1 Å². The molecule has 1 saturated heterocycles. The molecule has 1 fully saturated rings. The van der Waals surface area contributed by atoms with E-state index in [0.717, 1.165) is 24.0 Å². The first kappa shape index (κ1) is 16.1. The Hall–Kier alpha value is -1.73. The normalized spacial score (nSPS) is 19.9. The van der Waals surface area contributed by atoms with Crippen molar-refractivity contribution < 1.29 is 12.9 Å². The Morgan fingerprint density at radius 1 is 1.26 bits per heavy atom. The summed E-state index contributed by atoms with van der Waals surface area (Å²) in [6.45, 7) is 6.47. The van der Waals surface area contributed by atoms with Crippen molar-refractivity contribution in [3.63, 3.8) is 0 Å². The molecule has 124 valence electrons. The van der Waals surface area contributed by atoms with Gasteiger partial charge < -0.3 is 4.52 Å². The molecule has 0 saturated carbocycles. The second-order valence-corrected chi connectivity index (χ2v) is 8.06. The quantitative estimate of drug-likeness (QED) is 0.861. The summed E-state index contributed by atoms with van der Waals surface area (Å²) < 4.78 is 32.7. The molecule has 1 aromatic carbocycles. The fourth-order valence-corrected chi connectivity index (χ4v) is 4.80. The van der Waals surface area contributed by atoms with Gasteiger partial charge in [-0.2, -0.15) is 9.29 Å². The molecule has 6 nitrogen and oxygen atoms in total. The highest BCUT2D eigenvalue weighted by atomic mass is 32.2. The van der Waals surface area contributed by atoms with E-state index in [-0.39, 0.29) is 5.92 Å². The smallest absolute Gasteiger partial charge is 0.243 e. The molecule has 3 rings (SSSR count). The summed E-state index contributed by atoms with van der Waals surface area (Å²) in [7, 11) is -3.50. The molecule has 2 heterocycles. The lowest BCUT2D eigenvalue weighted by Gasteiger charge is -2.30. The molecule has 1 aromatic heterocycles. The Bertz CT molecular complexity index is 814. The first-order valence-electron chi connectivity index (χ1n) is 7.75. The lowest BCUT2D eigenvalue weighted by atomic mass is 10.00. The lowest BCUT2D eigenvalue weighted by Crippen LogP contribution is -2.39. The molecule has 1 aliphatic rings. The van der Waals surface area contributed by atoms with Crippen LogP contribution in [0.25, 0.3) is 0 Å². The molecule has 0 N–H and O–H groups in total. The van der Waals surface area contributed by atoms with E-state index in [1.807, 2.05) is 26.0 Å². The summed E-state index contributed by atoms with van der Waals surface area (Å²) in [6.07, 6.45) is 1.65. The largest absolute Gasteiger partial charge is 0.339 e. The Kier molecular flexibility index (Phi) is 4.25. The van der Waals surface area contributed by atoms with Crippen LogP contribution in [-0.4, -0.2) is 36.0 Å². The van der Waals surface area contributed by atoms with E-state index in [0.29, 0.717) is 29.7 Å². The molecule has 0 amide bonds. The van der Waals surface area contributed by atoms with Gasteiger partial charge in [0.05, 0.1) is 10.8 Å². The predicted octanol–water partition coefficient (Wildman–Crippen LogP) is 2.56. The highest BCUT2D eigenvalue weighted by Gasteiger charge is 2.33. The number of hydrogen-bond donors (Lipinski definition) is 0.